The van der Waals surface area contributed by atoms with Gasteiger partial charge in [-0.1, -0.05) is 30.3 Å². The van der Waals surface area contributed by atoms with Crippen LogP contribution in [0.15, 0.2) is 48.5 Å². The van der Waals surface area contributed by atoms with Gasteiger partial charge in [0.05, 0.1) is 12.4 Å². The fourth-order valence-corrected chi connectivity index (χ4v) is 1.66. The molecule has 0 heterocycles. The van der Waals surface area contributed by atoms with Crippen molar-refractivity contribution in [2.45, 2.75) is 26.3 Å². The molecule has 0 aliphatic carbocycles. The summed E-state index contributed by atoms with van der Waals surface area (Å²) >= 11 is 0. The summed E-state index contributed by atoms with van der Waals surface area (Å²) in [5.74, 6) is 0.691. The minimum atomic E-state index is 0.665. The van der Waals surface area contributed by atoms with Crippen LogP contribution in [0.1, 0.15) is 25.3 Å². The van der Waals surface area contributed by atoms with E-state index >= 15 is 0 Å². The molecule has 3 N–H and O–H groups in total. The third-order valence-electron chi connectivity index (χ3n) is 2.71. The topological polar surface area (TPSA) is 59.6 Å². The van der Waals surface area contributed by atoms with Gasteiger partial charge in [0.25, 0.3) is 0 Å². The largest absolute Gasteiger partial charge is 0.387 e. The van der Waals surface area contributed by atoms with Crippen LogP contribution in [0, 0.1) is 0 Å². The van der Waals surface area contributed by atoms with Gasteiger partial charge in [-0.2, -0.15) is 0 Å². The van der Waals surface area contributed by atoms with Crippen LogP contribution < -0.4 is 11.1 Å². The van der Waals surface area contributed by atoms with Crippen molar-refractivity contribution in [2.75, 3.05) is 26.3 Å². The Balaban J connectivity index is 0.00000191. The van der Waals surface area contributed by atoms with E-state index in [0.29, 0.717) is 12.4 Å². The van der Waals surface area contributed by atoms with Crippen LogP contribution in [-0.2, 0) is 11.3 Å². The Bertz CT molecular complexity index is 366. The fraction of sp³-hybridized carbons (Fsp3) is 0.471. The maximum absolute atomic E-state index is 5.77. The first-order valence-electron chi connectivity index (χ1n) is 7.44. The van der Waals surface area contributed by atoms with E-state index in [9.17, 15) is 0 Å². The zero-order chi connectivity index (χ0) is 15.8. The lowest BCUT2D eigenvalue weighted by Crippen LogP contribution is -2.18. The van der Waals surface area contributed by atoms with Gasteiger partial charge in [-0.25, -0.2) is 0 Å². The average Bonchev–Trinajstić information content (AvgIpc) is 2.54. The van der Waals surface area contributed by atoms with Gasteiger partial charge in [0, 0.05) is 26.1 Å². The van der Waals surface area contributed by atoms with Crippen molar-refractivity contribution in [1.29, 1.82) is 0 Å². The maximum atomic E-state index is 5.77. The van der Waals surface area contributed by atoms with E-state index in [1.54, 1.807) is 0 Å². The standard InChI is InChI=1S/C15H25N3O.C2H4/c1-2-19-12-9-15(16)18-11-6-10-17-13-14-7-4-3-5-8-14;1-2/h3-5,7-8,17H,2,6,9-13H2,1H3,(H2,16,18);1-2H2. The molecule has 0 bridgehead atoms. The second-order valence-electron chi connectivity index (χ2n) is 4.34. The lowest BCUT2D eigenvalue weighted by atomic mass is 10.2. The van der Waals surface area contributed by atoms with Gasteiger partial charge in [-0.15, -0.1) is 13.2 Å². The summed E-state index contributed by atoms with van der Waals surface area (Å²) in [5.41, 5.74) is 7.08. The molecule has 118 valence electrons. The first kappa shape index (κ1) is 19.4. The van der Waals surface area contributed by atoms with Crippen molar-refractivity contribution in [3.63, 3.8) is 0 Å². The Hall–Kier alpha value is -1.65. The molecule has 0 radical (unpaired) electrons. The highest BCUT2D eigenvalue weighted by molar-refractivity contribution is 5.80. The van der Waals surface area contributed by atoms with Crippen molar-refractivity contribution in [1.82, 2.24) is 5.32 Å². The van der Waals surface area contributed by atoms with E-state index in [-0.39, 0.29) is 0 Å². The number of nitrogens with zero attached hydrogens (tertiary/aromatic N) is 1. The molecule has 0 aliphatic rings. The lowest BCUT2D eigenvalue weighted by molar-refractivity contribution is 0.155. The van der Waals surface area contributed by atoms with Crippen molar-refractivity contribution in [3.8, 4) is 0 Å². The highest BCUT2D eigenvalue weighted by Gasteiger charge is 1.93. The van der Waals surface area contributed by atoms with Crippen LogP contribution in [0.25, 0.3) is 0 Å². The number of hydrogen-bond acceptors (Lipinski definition) is 3. The molecule has 0 atom stereocenters. The molecule has 0 saturated heterocycles. The summed E-state index contributed by atoms with van der Waals surface area (Å²) in [6, 6.07) is 10.4. The molecule has 0 aliphatic heterocycles. The maximum Gasteiger partial charge on any atom is 0.0960 e. The van der Waals surface area contributed by atoms with Gasteiger partial charge in [0.2, 0.25) is 0 Å². The van der Waals surface area contributed by atoms with Gasteiger partial charge in [-0.05, 0) is 25.5 Å². The molecular weight excluding hydrogens is 262 g/mol. The van der Waals surface area contributed by atoms with E-state index < -0.39 is 0 Å². The third kappa shape index (κ3) is 11.8. The van der Waals surface area contributed by atoms with Crippen molar-refractivity contribution in [2.24, 2.45) is 10.7 Å². The molecule has 1 rings (SSSR count). The number of rotatable bonds is 10. The Labute approximate surface area is 129 Å². The van der Waals surface area contributed by atoms with E-state index in [2.05, 4.69) is 47.7 Å². The Morgan fingerprint density at radius 3 is 2.67 bits per heavy atom. The smallest absolute Gasteiger partial charge is 0.0960 e. The molecule has 1 aromatic rings. The van der Waals surface area contributed by atoms with Gasteiger partial charge in [0.1, 0.15) is 0 Å². The van der Waals surface area contributed by atoms with E-state index in [4.69, 9.17) is 10.5 Å². The molecule has 0 amide bonds. The van der Waals surface area contributed by atoms with Crippen molar-refractivity contribution < 1.29 is 4.74 Å². The first-order valence-corrected chi connectivity index (χ1v) is 7.44. The van der Waals surface area contributed by atoms with Crippen molar-refractivity contribution >= 4 is 5.84 Å². The summed E-state index contributed by atoms with van der Waals surface area (Å²) in [6.07, 6.45) is 1.73. The summed E-state index contributed by atoms with van der Waals surface area (Å²) in [7, 11) is 0. The van der Waals surface area contributed by atoms with E-state index in [1.165, 1.54) is 5.56 Å². The van der Waals surface area contributed by atoms with Gasteiger partial charge >= 0.3 is 0 Å². The minimum absolute atomic E-state index is 0.665. The summed E-state index contributed by atoms with van der Waals surface area (Å²) in [6.45, 7) is 12.0. The zero-order valence-electron chi connectivity index (χ0n) is 13.2. The number of aliphatic imine (C=N–C) groups is 1. The van der Waals surface area contributed by atoms with Crippen LogP contribution in [-0.4, -0.2) is 32.1 Å². The Morgan fingerprint density at radius 1 is 1.29 bits per heavy atom. The van der Waals surface area contributed by atoms with Gasteiger partial charge in [0.15, 0.2) is 0 Å². The molecule has 0 fully saturated rings. The quantitative estimate of drug-likeness (QED) is 0.301. The molecule has 0 spiro atoms. The number of hydrogen-bond donors (Lipinski definition) is 2. The number of benzene rings is 1. The summed E-state index contributed by atoms with van der Waals surface area (Å²) in [4.78, 5) is 4.31. The second kappa shape index (κ2) is 14.8. The van der Waals surface area contributed by atoms with Crippen molar-refractivity contribution in [3.05, 3.63) is 49.1 Å². The fourth-order valence-electron chi connectivity index (χ4n) is 1.66. The second-order valence-corrected chi connectivity index (χ2v) is 4.34. The van der Waals surface area contributed by atoms with Gasteiger partial charge < -0.3 is 15.8 Å². The monoisotopic (exact) mass is 291 g/mol. The molecule has 0 aromatic heterocycles. The number of ether oxygens (including phenoxy) is 1. The first-order chi connectivity index (χ1) is 10.3. The number of nitrogens with one attached hydrogen (secondary N) is 1. The molecule has 4 nitrogen and oxygen atoms in total. The van der Waals surface area contributed by atoms with Crippen LogP contribution in [0.2, 0.25) is 0 Å². The van der Waals surface area contributed by atoms with Gasteiger partial charge in [-0.3, -0.25) is 4.99 Å². The average molecular weight is 291 g/mol. The Morgan fingerprint density at radius 2 is 2.00 bits per heavy atom. The van der Waals surface area contributed by atoms with E-state index in [1.807, 2.05) is 13.0 Å². The van der Waals surface area contributed by atoms with Crippen LogP contribution in [0.4, 0.5) is 0 Å². The van der Waals surface area contributed by atoms with Crippen LogP contribution in [0.5, 0.6) is 0 Å². The minimum Gasteiger partial charge on any atom is -0.387 e. The van der Waals surface area contributed by atoms with Crippen LogP contribution in [0.3, 0.4) is 0 Å². The molecule has 0 unspecified atom stereocenters. The highest BCUT2D eigenvalue weighted by atomic mass is 16.5. The SMILES string of the molecule is C=C.CCOCCC(N)=NCCCNCc1ccccc1. The van der Waals surface area contributed by atoms with Crippen LogP contribution >= 0.6 is 0 Å². The predicted molar refractivity (Wildman–Crippen MR) is 91.6 cm³/mol. The Kier molecular flexibility index (Phi) is 13.6. The lowest BCUT2D eigenvalue weighted by Gasteiger charge is -2.04. The zero-order valence-corrected chi connectivity index (χ0v) is 13.2. The summed E-state index contributed by atoms with van der Waals surface area (Å²) in [5, 5.41) is 3.39. The number of nitrogens with two attached hydrogens (primary N) is 1. The summed E-state index contributed by atoms with van der Waals surface area (Å²) < 4.78 is 5.22. The molecular formula is C17H29N3O. The molecule has 0 saturated carbocycles. The normalized spacial score (nSPS) is 10.8. The van der Waals surface area contributed by atoms with E-state index in [0.717, 1.165) is 39.1 Å². The molecule has 4 heteroatoms. The third-order valence-corrected chi connectivity index (χ3v) is 2.71. The predicted octanol–water partition coefficient (Wildman–Crippen LogP) is 2.75. The molecule has 21 heavy (non-hydrogen) atoms. The number of amidine groups is 1. The molecule has 1 aromatic carbocycles. The highest BCUT2D eigenvalue weighted by Crippen LogP contribution is 1.97.